The SMILES string of the molecule is CC.Cc1ccc(O)c(Br)c1. The molecule has 1 rings (SSSR count). The summed E-state index contributed by atoms with van der Waals surface area (Å²) in [5.74, 6) is 0.292. The van der Waals surface area contributed by atoms with Crippen molar-refractivity contribution in [1.29, 1.82) is 0 Å². The summed E-state index contributed by atoms with van der Waals surface area (Å²) in [7, 11) is 0. The quantitative estimate of drug-likeness (QED) is 0.705. The molecule has 0 bridgehead atoms. The summed E-state index contributed by atoms with van der Waals surface area (Å²) in [5, 5.41) is 9.00. The molecular weight excluding hydrogens is 204 g/mol. The summed E-state index contributed by atoms with van der Waals surface area (Å²) >= 11 is 3.20. The molecule has 0 atom stereocenters. The highest BCUT2D eigenvalue weighted by molar-refractivity contribution is 9.10. The normalized spacial score (nSPS) is 8.36. The Bertz CT molecular complexity index is 221. The molecule has 1 aromatic carbocycles. The van der Waals surface area contributed by atoms with Crippen LogP contribution in [0, 0.1) is 6.92 Å². The van der Waals surface area contributed by atoms with Crippen molar-refractivity contribution in [3.63, 3.8) is 0 Å². The third-order valence-electron chi connectivity index (χ3n) is 1.10. The first-order valence-electron chi connectivity index (χ1n) is 3.65. The summed E-state index contributed by atoms with van der Waals surface area (Å²) in [6.45, 7) is 5.98. The minimum Gasteiger partial charge on any atom is -0.507 e. The lowest BCUT2D eigenvalue weighted by atomic mass is 10.2. The van der Waals surface area contributed by atoms with E-state index in [1.54, 1.807) is 6.07 Å². The van der Waals surface area contributed by atoms with Gasteiger partial charge in [-0.05, 0) is 40.5 Å². The van der Waals surface area contributed by atoms with Crippen LogP contribution < -0.4 is 0 Å². The molecule has 0 radical (unpaired) electrons. The molecule has 0 unspecified atom stereocenters. The van der Waals surface area contributed by atoms with Crippen LogP contribution in [0.3, 0.4) is 0 Å². The number of phenols is 1. The van der Waals surface area contributed by atoms with E-state index in [9.17, 15) is 0 Å². The highest BCUT2D eigenvalue weighted by atomic mass is 79.9. The molecule has 0 aliphatic rings. The fourth-order valence-electron chi connectivity index (χ4n) is 0.612. The van der Waals surface area contributed by atoms with Crippen molar-refractivity contribution in [2.24, 2.45) is 0 Å². The lowest BCUT2D eigenvalue weighted by Gasteiger charge is -1.95. The van der Waals surface area contributed by atoms with Gasteiger partial charge in [-0.15, -0.1) is 0 Å². The lowest BCUT2D eigenvalue weighted by Crippen LogP contribution is -1.71. The van der Waals surface area contributed by atoms with Crippen molar-refractivity contribution in [3.8, 4) is 5.75 Å². The molecule has 0 saturated heterocycles. The van der Waals surface area contributed by atoms with Crippen LogP contribution in [0.4, 0.5) is 0 Å². The molecule has 0 aromatic heterocycles. The first-order valence-corrected chi connectivity index (χ1v) is 4.44. The second-order valence-corrected chi connectivity index (χ2v) is 2.81. The Morgan fingerprint density at radius 1 is 1.27 bits per heavy atom. The van der Waals surface area contributed by atoms with Crippen LogP contribution in [0.25, 0.3) is 0 Å². The Kier molecular flexibility index (Phi) is 4.95. The average molecular weight is 217 g/mol. The van der Waals surface area contributed by atoms with Crippen molar-refractivity contribution in [2.45, 2.75) is 20.8 Å². The number of halogens is 1. The van der Waals surface area contributed by atoms with Crippen LogP contribution >= 0.6 is 15.9 Å². The van der Waals surface area contributed by atoms with E-state index >= 15 is 0 Å². The van der Waals surface area contributed by atoms with Crippen molar-refractivity contribution in [1.82, 2.24) is 0 Å². The molecule has 1 nitrogen and oxygen atoms in total. The number of aromatic hydroxyl groups is 1. The maximum atomic E-state index is 9.00. The van der Waals surface area contributed by atoms with E-state index in [0.717, 1.165) is 10.0 Å². The molecule has 1 N–H and O–H groups in total. The van der Waals surface area contributed by atoms with E-state index < -0.39 is 0 Å². The van der Waals surface area contributed by atoms with Crippen molar-refractivity contribution in [2.75, 3.05) is 0 Å². The zero-order valence-electron chi connectivity index (χ0n) is 7.06. The van der Waals surface area contributed by atoms with Gasteiger partial charge in [0.25, 0.3) is 0 Å². The third-order valence-corrected chi connectivity index (χ3v) is 1.74. The zero-order valence-corrected chi connectivity index (χ0v) is 8.64. The maximum absolute atomic E-state index is 9.00. The number of hydrogen-bond donors (Lipinski definition) is 1. The van der Waals surface area contributed by atoms with Gasteiger partial charge >= 0.3 is 0 Å². The van der Waals surface area contributed by atoms with Crippen LogP contribution in [0.2, 0.25) is 0 Å². The van der Waals surface area contributed by atoms with E-state index in [1.165, 1.54) is 0 Å². The van der Waals surface area contributed by atoms with Gasteiger partial charge < -0.3 is 5.11 Å². The molecule has 11 heavy (non-hydrogen) atoms. The van der Waals surface area contributed by atoms with Crippen LogP contribution in [0.5, 0.6) is 5.75 Å². The topological polar surface area (TPSA) is 20.2 Å². The van der Waals surface area contributed by atoms with E-state index in [0.29, 0.717) is 5.75 Å². The number of hydrogen-bond acceptors (Lipinski definition) is 1. The van der Waals surface area contributed by atoms with E-state index in [-0.39, 0.29) is 0 Å². The smallest absolute Gasteiger partial charge is 0.129 e. The third kappa shape index (κ3) is 3.42. The Labute approximate surface area is 76.2 Å². The average Bonchev–Trinajstić information content (AvgIpc) is 2.02. The van der Waals surface area contributed by atoms with Crippen molar-refractivity contribution < 1.29 is 5.11 Å². The van der Waals surface area contributed by atoms with Gasteiger partial charge in [-0.2, -0.15) is 0 Å². The molecule has 0 heterocycles. The largest absolute Gasteiger partial charge is 0.507 e. The second kappa shape index (κ2) is 5.19. The van der Waals surface area contributed by atoms with Crippen LogP contribution in [-0.2, 0) is 0 Å². The molecule has 0 aliphatic heterocycles. The summed E-state index contributed by atoms with van der Waals surface area (Å²) in [6.07, 6.45) is 0. The van der Waals surface area contributed by atoms with E-state index in [1.807, 2.05) is 32.9 Å². The lowest BCUT2D eigenvalue weighted by molar-refractivity contribution is 0.472. The predicted octanol–water partition coefficient (Wildman–Crippen LogP) is 3.49. The van der Waals surface area contributed by atoms with Gasteiger partial charge in [-0.3, -0.25) is 0 Å². The number of rotatable bonds is 0. The number of benzene rings is 1. The molecule has 1 aromatic rings. The Morgan fingerprint density at radius 3 is 2.18 bits per heavy atom. The summed E-state index contributed by atoms with van der Waals surface area (Å²) in [4.78, 5) is 0. The van der Waals surface area contributed by atoms with Gasteiger partial charge in [0.1, 0.15) is 5.75 Å². The molecule has 62 valence electrons. The molecule has 0 spiro atoms. The van der Waals surface area contributed by atoms with E-state index in [4.69, 9.17) is 5.11 Å². The van der Waals surface area contributed by atoms with Crippen molar-refractivity contribution >= 4 is 15.9 Å². The minimum atomic E-state index is 0.292. The van der Waals surface area contributed by atoms with Gasteiger partial charge in [-0.25, -0.2) is 0 Å². The van der Waals surface area contributed by atoms with Crippen LogP contribution in [0.1, 0.15) is 19.4 Å². The van der Waals surface area contributed by atoms with Gasteiger partial charge in [-0.1, -0.05) is 19.9 Å². The molecule has 0 saturated carbocycles. The monoisotopic (exact) mass is 216 g/mol. The van der Waals surface area contributed by atoms with Gasteiger partial charge in [0.15, 0.2) is 0 Å². The molecule has 2 heteroatoms. The predicted molar refractivity (Wildman–Crippen MR) is 51.9 cm³/mol. The highest BCUT2D eigenvalue weighted by Crippen LogP contribution is 2.23. The zero-order chi connectivity index (χ0) is 8.85. The summed E-state index contributed by atoms with van der Waals surface area (Å²) in [5.41, 5.74) is 1.14. The summed E-state index contributed by atoms with van der Waals surface area (Å²) < 4.78 is 0.752. The van der Waals surface area contributed by atoms with E-state index in [2.05, 4.69) is 15.9 Å². The first kappa shape index (κ1) is 10.5. The second-order valence-electron chi connectivity index (χ2n) is 1.95. The molecule has 0 amide bonds. The van der Waals surface area contributed by atoms with Gasteiger partial charge in [0, 0.05) is 0 Å². The molecular formula is C9H13BrO. The number of aryl methyl sites for hydroxylation is 1. The molecule has 0 aliphatic carbocycles. The number of phenolic OH excluding ortho intramolecular Hbond substituents is 1. The highest BCUT2D eigenvalue weighted by Gasteiger charge is 1.93. The van der Waals surface area contributed by atoms with Gasteiger partial charge in [0.2, 0.25) is 0 Å². The maximum Gasteiger partial charge on any atom is 0.129 e. The summed E-state index contributed by atoms with van der Waals surface area (Å²) in [6, 6.07) is 5.40. The Balaban J connectivity index is 0.000000461. The Morgan fingerprint density at radius 2 is 1.82 bits per heavy atom. The van der Waals surface area contributed by atoms with Gasteiger partial charge in [0.05, 0.1) is 4.47 Å². The van der Waals surface area contributed by atoms with Crippen molar-refractivity contribution in [3.05, 3.63) is 28.2 Å². The minimum absolute atomic E-state index is 0.292. The molecule has 0 fully saturated rings. The van der Waals surface area contributed by atoms with Crippen LogP contribution in [-0.4, -0.2) is 5.11 Å². The van der Waals surface area contributed by atoms with Crippen LogP contribution in [0.15, 0.2) is 22.7 Å². The fraction of sp³-hybridized carbons (Fsp3) is 0.333. The standard InChI is InChI=1S/C7H7BrO.C2H6/c1-5-2-3-7(9)6(8)4-5;1-2/h2-4,9H,1H3;1-2H3. The Hall–Kier alpha value is -0.500. The first-order chi connectivity index (χ1) is 5.20. The fourth-order valence-corrected chi connectivity index (χ4v) is 1.11.